The first-order valence-electron chi connectivity index (χ1n) is 17.1. The molecule has 0 aromatic heterocycles. The lowest BCUT2D eigenvalue weighted by molar-refractivity contribution is -0.167. The van der Waals surface area contributed by atoms with Gasteiger partial charge in [-0.1, -0.05) is 108 Å². The maximum atomic E-state index is 12.3. The summed E-state index contributed by atoms with van der Waals surface area (Å²) in [5.74, 6) is -3.70. The third-order valence-electron chi connectivity index (χ3n) is 7.94. The van der Waals surface area contributed by atoms with E-state index in [-0.39, 0.29) is 41.0 Å². The Bertz CT molecular complexity index is 1200. The fraction of sp³-hybridized carbons (Fsp3) is 0.622. The molecule has 0 saturated heterocycles. The van der Waals surface area contributed by atoms with Gasteiger partial charge in [0.25, 0.3) is 0 Å². The van der Waals surface area contributed by atoms with Crippen molar-refractivity contribution in [3.05, 3.63) is 46.6 Å². The first-order chi connectivity index (χ1) is 22.4. The lowest BCUT2D eigenvalue weighted by Crippen LogP contribution is -2.28. The number of phenolic OH excluding ortho intramolecular Hbond substituents is 2. The number of hydrogen-bond acceptors (Lipinski definition) is 10. The van der Waals surface area contributed by atoms with E-state index < -0.39 is 42.3 Å². The van der Waals surface area contributed by atoms with E-state index >= 15 is 0 Å². The molecular weight excluding hydrogens is 604 g/mol. The van der Waals surface area contributed by atoms with Crippen LogP contribution in [0.1, 0.15) is 151 Å². The fourth-order valence-corrected chi connectivity index (χ4v) is 5.15. The minimum Gasteiger partial charge on any atom is -0.507 e. The summed E-state index contributed by atoms with van der Waals surface area (Å²) in [6.45, 7) is 5.23. The van der Waals surface area contributed by atoms with Gasteiger partial charge < -0.3 is 30.3 Å². The van der Waals surface area contributed by atoms with Gasteiger partial charge in [-0.25, -0.2) is 4.79 Å². The molecule has 0 heterocycles. The van der Waals surface area contributed by atoms with E-state index in [1.165, 1.54) is 77.0 Å². The van der Waals surface area contributed by atoms with Gasteiger partial charge in [-0.2, -0.15) is 0 Å². The third kappa shape index (κ3) is 16.4. The number of benzene rings is 1. The second-order valence-electron chi connectivity index (χ2n) is 12.4. The number of aliphatic hydroxyl groups is 3. The zero-order chi connectivity index (χ0) is 35.2. The van der Waals surface area contributed by atoms with Gasteiger partial charge in [-0.3, -0.25) is 14.4 Å². The molecule has 1 aliphatic rings. The van der Waals surface area contributed by atoms with Gasteiger partial charge in [0.15, 0.2) is 17.7 Å². The van der Waals surface area contributed by atoms with Gasteiger partial charge in [-0.05, 0) is 44.9 Å². The summed E-state index contributed by atoms with van der Waals surface area (Å²) < 4.78 is 4.43. The summed E-state index contributed by atoms with van der Waals surface area (Å²) in [7, 11) is 0. The minimum absolute atomic E-state index is 0.0779. The van der Waals surface area contributed by atoms with Crippen molar-refractivity contribution in [1.29, 1.82) is 0 Å². The number of Topliss-reactive ketones (excluding diaryl/α,β-unsaturated/α-hetero) is 1. The smallest absolute Gasteiger partial charge is 0.345 e. The maximum absolute atomic E-state index is 12.3. The average molecular weight is 661 g/mol. The maximum Gasteiger partial charge on any atom is 0.345 e. The van der Waals surface area contributed by atoms with E-state index in [2.05, 4.69) is 11.7 Å². The number of carbonyl (C=O) groups excluding carboxylic acids is 4. The largest absolute Gasteiger partial charge is 0.507 e. The van der Waals surface area contributed by atoms with Gasteiger partial charge in [0.05, 0.1) is 23.8 Å². The molecule has 10 heteroatoms. The number of allylic oxidation sites excluding steroid dienone is 2. The first kappa shape index (κ1) is 41.7. The van der Waals surface area contributed by atoms with Crippen molar-refractivity contribution in [3.8, 4) is 11.5 Å². The summed E-state index contributed by atoms with van der Waals surface area (Å²) in [5.41, 5.74) is 0.419. The highest BCUT2D eigenvalue weighted by Crippen LogP contribution is 2.35. The number of hydrogen-bond donors (Lipinski definition) is 5. The highest BCUT2D eigenvalue weighted by molar-refractivity contribution is 6.26. The number of aliphatic hydroxyl groups excluding tert-OH is 3. The van der Waals surface area contributed by atoms with Gasteiger partial charge >= 0.3 is 11.9 Å². The Morgan fingerprint density at radius 1 is 0.766 bits per heavy atom. The van der Waals surface area contributed by atoms with E-state index in [4.69, 9.17) is 10.2 Å². The summed E-state index contributed by atoms with van der Waals surface area (Å²) in [6, 6.07) is 2.29. The molecule has 264 valence electrons. The van der Waals surface area contributed by atoms with Crippen LogP contribution < -0.4 is 0 Å². The normalized spacial score (nSPS) is 13.5. The molecule has 0 bridgehead atoms. The molecule has 0 spiro atoms. The van der Waals surface area contributed by atoms with Crippen molar-refractivity contribution in [2.45, 2.75) is 142 Å². The SMILES string of the molecule is CC(C)=CC[C@H](O)C1=CC(=O)c2c(O)ccc(O)c2C1=O.CCCCCCCCCCCCCCCCCC(=O)OC(=O)C(O)CO. The summed E-state index contributed by atoms with van der Waals surface area (Å²) in [6.07, 6.45) is 19.2. The molecule has 0 amide bonds. The van der Waals surface area contributed by atoms with Crippen molar-refractivity contribution in [2.75, 3.05) is 6.61 Å². The Hall–Kier alpha value is -3.34. The van der Waals surface area contributed by atoms with Crippen LogP contribution in [0.4, 0.5) is 0 Å². The zero-order valence-corrected chi connectivity index (χ0v) is 28.5. The average Bonchev–Trinajstić information content (AvgIpc) is 3.04. The quantitative estimate of drug-likeness (QED) is 0.0310. The second-order valence-corrected chi connectivity index (χ2v) is 12.4. The lowest BCUT2D eigenvalue weighted by atomic mass is 9.85. The number of carbonyl (C=O) groups is 4. The van der Waals surface area contributed by atoms with Gasteiger partial charge in [0.2, 0.25) is 0 Å². The molecule has 1 aliphatic carbocycles. The van der Waals surface area contributed by atoms with Crippen molar-refractivity contribution in [2.24, 2.45) is 0 Å². The van der Waals surface area contributed by atoms with Crippen molar-refractivity contribution in [1.82, 2.24) is 0 Å². The molecule has 0 aliphatic heterocycles. The second kappa shape index (κ2) is 23.9. The molecule has 0 saturated carbocycles. The molecule has 0 radical (unpaired) electrons. The number of ketones is 2. The number of ether oxygens (including phenoxy) is 1. The number of aromatic hydroxyl groups is 2. The first-order valence-corrected chi connectivity index (χ1v) is 17.1. The number of rotatable bonds is 21. The standard InChI is InChI=1S/C21H40O5.C16H16O5/c1-2-3-4-5-6-7-8-9-10-11-12-13-14-15-16-17-20(24)26-21(25)19(23)18-22;1-8(2)3-4-10(17)9-7-13(20)14-11(18)5-6-12(19)15(14)16(9)21/h19,22-23H,2-18H2,1H3;3,5-7,10,17-19H,4H2,1-2H3/t;10-/m.0/s1. The Labute approximate surface area is 279 Å². The monoisotopic (exact) mass is 660 g/mol. The Kier molecular flexibility index (Phi) is 21.2. The molecule has 1 aromatic rings. The molecule has 10 nitrogen and oxygen atoms in total. The lowest BCUT2D eigenvalue weighted by Gasteiger charge is -2.20. The molecule has 1 aromatic carbocycles. The molecule has 2 rings (SSSR count). The van der Waals surface area contributed by atoms with Gasteiger partial charge in [0, 0.05) is 12.0 Å². The van der Waals surface area contributed by atoms with Crippen molar-refractivity contribution < 1.29 is 49.4 Å². The van der Waals surface area contributed by atoms with Crippen LogP contribution in [0, 0.1) is 0 Å². The number of esters is 2. The van der Waals surface area contributed by atoms with Crippen LogP contribution in [0.3, 0.4) is 0 Å². The van der Waals surface area contributed by atoms with E-state index in [9.17, 15) is 34.5 Å². The van der Waals surface area contributed by atoms with Crippen LogP contribution in [0.2, 0.25) is 0 Å². The van der Waals surface area contributed by atoms with Crippen molar-refractivity contribution in [3.63, 3.8) is 0 Å². The predicted octanol–water partition coefficient (Wildman–Crippen LogP) is 6.79. The van der Waals surface area contributed by atoms with Crippen LogP contribution in [-0.4, -0.2) is 67.9 Å². The van der Waals surface area contributed by atoms with E-state index in [0.29, 0.717) is 6.42 Å². The van der Waals surface area contributed by atoms with Crippen LogP contribution in [0.5, 0.6) is 11.5 Å². The Balaban J connectivity index is 0.000000479. The highest BCUT2D eigenvalue weighted by atomic mass is 16.6. The van der Waals surface area contributed by atoms with Crippen LogP contribution in [0.25, 0.3) is 0 Å². The highest BCUT2D eigenvalue weighted by Gasteiger charge is 2.33. The minimum atomic E-state index is -1.62. The van der Waals surface area contributed by atoms with Crippen LogP contribution >= 0.6 is 0 Å². The van der Waals surface area contributed by atoms with Gasteiger partial charge in [-0.15, -0.1) is 0 Å². The predicted molar refractivity (Wildman–Crippen MR) is 180 cm³/mol. The van der Waals surface area contributed by atoms with E-state index in [1.807, 2.05) is 13.8 Å². The zero-order valence-electron chi connectivity index (χ0n) is 28.5. The summed E-state index contributed by atoms with van der Waals surface area (Å²) in [4.78, 5) is 46.8. The molecule has 47 heavy (non-hydrogen) atoms. The Morgan fingerprint density at radius 2 is 1.23 bits per heavy atom. The van der Waals surface area contributed by atoms with Crippen LogP contribution in [-0.2, 0) is 14.3 Å². The molecular formula is C37H56O10. The van der Waals surface area contributed by atoms with Crippen LogP contribution in [0.15, 0.2) is 35.4 Å². The van der Waals surface area contributed by atoms with E-state index in [0.717, 1.165) is 36.6 Å². The van der Waals surface area contributed by atoms with Crippen molar-refractivity contribution >= 4 is 23.5 Å². The third-order valence-corrected chi connectivity index (χ3v) is 7.94. The summed E-state index contributed by atoms with van der Waals surface area (Å²) in [5, 5.41) is 47.1. The molecule has 1 unspecified atom stereocenters. The molecule has 0 fully saturated rings. The van der Waals surface area contributed by atoms with Gasteiger partial charge in [0.1, 0.15) is 11.5 Å². The number of fused-ring (bicyclic) bond motifs is 1. The summed E-state index contributed by atoms with van der Waals surface area (Å²) >= 11 is 0. The Morgan fingerprint density at radius 3 is 1.70 bits per heavy atom. The molecule has 5 N–H and O–H groups in total. The fourth-order valence-electron chi connectivity index (χ4n) is 5.15. The van der Waals surface area contributed by atoms with E-state index in [1.54, 1.807) is 6.08 Å². The topological polar surface area (TPSA) is 179 Å². The molecule has 2 atom stereocenters. The number of phenols is 2. The number of unbranched alkanes of at least 4 members (excludes halogenated alkanes) is 14.